The molecule has 274 valence electrons. The minimum Gasteiger partial charge on any atom is -0.432 e. The first-order chi connectivity index (χ1) is 23.3. The molecule has 4 saturated carbocycles. The van der Waals surface area contributed by atoms with Gasteiger partial charge in [0.15, 0.2) is 17.5 Å². The normalized spacial score (nSPS) is 31.1. The van der Waals surface area contributed by atoms with Gasteiger partial charge in [-0.3, -0.25) is 0 Å². The second-order valence-electron chi connectivity index (χ2n) is 15.9. The average Bonchev–Trinajstić information content (AvgIpc) is 3.10. The monoisotopic (exact) mass is 696 g/mol. The predicted octanol–water partition coefficient (Wildman–Crippen LogP) is 13.5. The van der Waals surface area contributed by atoms with Gasteiger partial charge in [0, 0.05) is 17.7 Å². The van der Waals surface area contributed by atoms with E-state index in [-0.39, 0.29) is 17.2 Å². The van der Waals surface area contributed by atoms with Gasteiger partial charge in [0.1, 0.15) is 17.4 Å². The number of alkyl halides is 2. The van der Waals surface area contributed by atoms with Crippen LogP contribution in [0, 0.1) is 77.4 Å². The van der Waals surface area contributed by atoms with Crippen molar-refractivity contribution in [3.63, 3.8) is 0 Å². The third kappa shape index (κ3) is 9.75. The summed E-state index contributed by atoms with van der Waals surface area (Å²) in [5.41, 5.74) is 1.02. The van der Waals surface area contributed by atoms with Crippen LogP contribution in [0.3, 0.4) is 0 Å². The van der Waals surface area contributed by atoms with Gasteiger partial charge in [-0.25, -0.2) is 22.0 Å². The fraction of sp³-hybridized carbons (Fsp3) is 0.707. The summed E-state index contributed by atoms with van der Waals surface area (Å²) in [6.07, 6.45) is 15.0. The van der Waals surface area contributed by atoms with Crippen LogP contribution in [0.5, 0.6) is 5.75 Å². The lowest BCUT2D eigenvalue weighted by atomic mass is 9.68. The molecule has 0 aliphatic heterocycles. The molecule has 4 fully saturated rings. The standard InChI is InChI=1S/C21H30F2.C20H25F5O/c1-3-15-4-6-16(7-5-15)17-8-10-18(11-9-17)19-12-20(22)14(2)21(23)13-19;1-12-2-4-13(5-3-12)14-6-8-15(9-7-14)20(24,25)26-16-10-17(21)19(23)18(22)11-16/h12-13,15-18H,3-11H2,1-2H3;10-15H,2-9H2,1H3. The van der Waals surface area contributed by atoms with E-state index in [1.165, 1.54) is 77.6 Å². The highest BCUT2D eigenvalue weighted by atomic mass is 19.3. The third-order valence-electron chi connectivity index (χ3n) is 12.9. The van der Waals surface area contributed by atoms with Gasteiger partial charge >= 0.3 is 6.11 Å². The van der Waals surface area contributed by atoms with Crippen LogP contribution in [0.4, 0.5) is 30.7 Å². The zero-order chi connectivity index (χ0) is 35.3. The van der Waals surface area contributed by atoms with Gasteiger partial charge in [-0.15, -0.1) is 0 Å². The van der Waals surface area contributed by atoms with E-state index in [0.29, 0.717) is 42.7 Å². The van der Waals surface area contributed by atoms with Gasteiger partial charge in [0.25, 0.3) is 0 Å². The summed E-state index contributed by atoms with van der Waals surface area (Å²) < 4.78 is 100. The van der Waals surface area contributed by atoms with E-state index < -0.39 is 35.2 Å². The molecule has 0 unspecified atom stereocenters. The zero-order valence-corrected chi connectivity index (χ0v) is 29.5. The first-order valence-corrected chi connectivity index (χ1v) is 19.0. The van der Waals surface area contributed by atoms with Crippen LogP contribution < -0.4 is 4.74 Å². The molecule has 0 amide bonds. The minimum atomic E-state index is -3.53. The van der Waals surface area contributed by atoms with E-state index in [1.807, 2.05) is 0 Å². The Kier molecular flexibility index (Phi) is 13.1. The summed E-state index contributed by atoms with van der Waals surface area (Å²) in [5.74, 6) is -2.28. The van der Waals surface area contributed by atoms with Crippen molar-refractivity contribution >= 4 is 0 Å². The third-order valence-corrected chi connectivity index (χ3v) is 12.9. The van der Waals surface area contributed by atoms with Crippen molar-refractivity contribution in [2.75, 3.05) is 0 Å². The Hall–Kier alpha value is -2.25. The maximum atomic E-state index is 14.4. The number of hydrogen-bond acceptors (Lipinski definition) is 1. The highest BCUT2D eigenvalue weighted by Gasteiger charge is 2.45. The van der Waals surface area contributed by atoms with Crippen molar-refractivity contribution in [3.05, 3.63) is 64.5 Å². The number of benzene rings is 2. The van der Waals surface area contributed by atoms with Crippen LogP contribution in [-0.2, 0) is 0 Å². The summed E-state index contributed by atoms with van der Waals surface area (Å²) >= 11 is 0. The Morgan fingerprint density at radius 1 is 0.592 bits per heavy atom. The molecule has 0 aromatic heterocycles. The number of rotatable bonds is 7. The van der Waals surface area contributed by atoms with Crippen LogP contribution >= 0.6 is 0 Å². The SMILES string of the molecule is CC1CCC(C2CCC(C(F)(F)Oc3cc(F)c(F)c(F)c3)CC2)CC1.CCC1CCC(C2CCC(c3cc(F)c(C)c(F)c3)CC2)CC1. The number of ether oxygens (including phenoxy) is 1. The highest BCUT2D eigenvalue weighted by Crippen LogP contribution is 2.46. The van der Waals surface area contributed by atoms with Crippen molar-refractivity contribution in [1.82, 2.24) is 0 Å². The molecule has 0 heterocycles. The van der Waals surface area contributed by atoms with Crippen LogP contribution in [0.25, 0.3) is 0 Å². The molecule has 49 heavy (non-hydrogen) atoms. The Morgan fingerprint density at radius 3 is 1.49 bits per heavy atom. The molecule has 1 nitrogen and oxygen atoms in total. The molecule has 2 aromatic rings. The quantitative estimate of drug-likeness (QED) is 0.207. The Morgan fingerprint density at radius 2 is 1.02 bits per heavy atom. The summed E-state index contributed by atoms with van der Waals surface area (Å²) in [5, 5.41) is 0. The van der Waals surface area contributed by atoms with E-state index >= 15 is 0 Å². The first-order valence-electron chi connectivity index (χ1n) is 19.0. The van der Waals surface area contributed by atoms with E-state index in [1.54, 1.807) is 12.1 Å². The maximum absolute atomic E-state index is 14.4. The molecule has 8 heteroatoms. The van der Waals surface area contributed by atoms with E-state index in [0.717, 1.165) is 54.9 Å². The Labute approximate surface area is 288 Å². The van der Waals surface area contributed by atoms with Gasteiger partial charge in [-0.2, -0.15) is 8.78 Å². The molecular formula is C41H55F7O. The zero-order valence-electron chi connectivity index (χ0n) is 29.5. The average molecular weight is 697 g/mol. The smallest absolute Gasteiger partial charge is 0.400 e. The summed E-state index contributed by atoms with van der Waals surface area (Å²) in [6.45, 7) is 6.08. The lowest BCUT2D eigenvalue weighted by Gasteiger charge is -2.38. The number of halogens is 7. The maximum Gasteiger partial charge on any atom is 0.400 e. The van der Waals surface area contributed by atoms with Crippen LogP contribution in [0.2, 0.25) is 0 Å². The molecule has 0 N–H and O–H groups in total. The fourth-order valence-electron chi connectivity index (χ4n) is 9.41. The number of hydrogen-bond donors (Lipinski definition) is 0. The van der Waals surface area contributed by atoms with E-state index in [9.17, 15) is 30.7 Å². The summed E-state index contributed by atoms with van der Waals surface area (Å²) in [7, 11) is 0. The lowest BCUT2D eigenvalue weighted by Crippen LogP contribution is -2.38. The van der Waals surface area contributed by atoms with Crippen LogP contribution in [-0.4, -0.2) is 6.11 Å². The molecule has 0 spiro atoms. The van der Waals surface area contributed by atoms with Crippen molar-refractivity contribution in [2.24, 2.45) is 41.4 Å². The van der Waals surface area contributed by atoms with E-state index in [2.05, 4.69) is 18.6 Å². The summed E-state index contributed by atoms with van der Waals surface area (Å²) in [6, 6.07) is 4.05. The van der Waals surface area contributed by atoms with Gasteiger partial charge in [0.2, 0.25) is 0 Å². The first kappa shape index (κ1) is 38.0. The molecule has 6 rings (SSSR count). The van der Waals surface area contributed by atoms with Crippen molar-refractivity contribution in [3.8, 4) is 5.75 Å². The fourth-order valence-corrected chi connectivity index (χ4v) is 9.41. The second kappa shape index (κ2) is 16.8. The molecule has 0 saturated heterocycles. The second-order valence-corrected chi connectivity index (χ2v) is 15.9. The molecule has 0 atom stereocenters. The molecule has 0 bridgehead atoms. The topological polar surface area (TPSA) is 9.23 Å². The minimum absolute atomic E-state index is 0.148. The van der Waals surface area contributed by atoms with Crippen LogP contribution in [0.15, 0.2) is 24.3 Å². The highest BCUT2D eigenvalue weighted by molar-refractivity contribution is 5.28. The Balaban J connectivity index is 0.000000192. The van der Waals surface area contributed by atoms with Gasteiger partial charge < -0.3 is 4.74 Å². The Bertz CT molecular complexity index is 1300. The van der Waals surface area contributed by atoms with Gasteiger partial charge in [-0.1, -0.05) is 46.0 Å². The molecule has 4 aliphatic carbocycles. The van der Waals surface area contributed by atoms with E-state index in [4.69, 9.17) is 0 Å². The van der Waals surface area contributed by atoms with Crippen LogP contribution in [0.1, 0.15) is 140 Å². The molecule has 0 radical (unpaired) electrons. The molecule has 2 aromatic carbocycles. The molecule has 4 aliphatic rings. The lowest BCUT2D eigenvalue weighted by molar-refractivity contribution is -0.224. The molecular weight excluding hydrogens is 641 g/mol. The van der Waals surface area contributed by atoms with Gasteiger partial charge in [0.05, 0.1) is 5.92 Å². The summed E-state index contributed by atoms with van der Waals surface area (Å²) in [4.78, 5) is 0. The van der Waals surface area contributed by atoms with Crippen molar-refractivity contribution in [2.45, 2.75) is 142 Å². The van der Waals surface area contributed by atoms with Gasteiger partial charge in [-0.05, 0) is 143 Å². The largest absolute Gasteiger partial charge is 0.432 e. The predicted molar refractivity (Wildman–Crippen MR) is 180 cm³/mol. The van der Waals surface area contributed by atoms with Crippen molar-refractivity contribution in [1.29, 1.82) is 0 Å². The van der Waals surface area contributed by atoms with Crippen molar-refractivity contribution < 1.29 is 35.5 Å².